The van der Waals surface area contributed by atoms with Crippen molar-refractivity contribution in [2.45, 2.75) is 12.6 Å². The lowest BCUT2D eigenvalue weighted by Gasteiger charge is -2.36. The van der Waals surface area contributed by atoms with Gasteiger partial charge in [0.25, 0.3) is 5.72 Å². The fraction of sp³-hybridized carbons (Fsp3) is 0.250. The van der Waals surface area contributed by atoms with E-state index in [-0.39, 0.29) is 17.9 Å². The van der Waals surface area contributed by atoms with Gasteiger partial charge in [-0.3, -0.25) is 0 Å². The Morgan fingerprint density at radius 2 is 2.06 bits per heavy atom. The zero-order valence-corrected chi connectivity index (χ0v) is 18.4. The minimum atomic E-state index is -1.24. The van der Waals surface area contributed by atoms with Crippen molar-refractivity contribution in [3.05, 3.63) is 77.1 Å². The van der Waals surface area contributed by atoms with E-state index in [1.54, 1.807) is 13.4 Å². The summed E-state index contributed by atoms with van der Waals surface area (Å²) < 4.78 is 47.2. The molecule has 0 aliphatic carbocycles. The molecule has 2 aromatic carbocycles. The van der Waals surface area contributed by atoms with E-state index < -0.39 is 17.4 Å². The predicted molar refractivity (Wildman–Crippen MR) is 118 cm³/mol. The van der Waals surface area contributed by atoms with Crippen LogP contribution in [0.25, 0.3) is 11.8 Å². The van der Waals surface area contributed by atoms with Crippen molar-refractivity contribution < 1.29 is 27.8 Å². The first kappa shape index (κ1) is 20.5. The molecule has 10 heteroatoms. The van der Waals surface area contributed by atoms with Gasteiger partial charge in [0.05, 0.1) is 36.9 Å². The third-order valence-electron chi connectivity index (χ3n) is 6.10. The van der Waals surface area contributed by atoms with Crippen LogP contribution in [0.2, 0.25) is 0 Å². The first-order chi connectivity index (χ1) is 16.5. The zero-order chi connectivity index (χ0) is 23.4. The van der Waals surface area contributed by atoms with E-state index in [0.29, 0.717) is 30.5 Å². The van der Waals surface area contributed by atoms with Crippen molar-refractivity contribution in [2.24, 2.45) is 5.16 Å². The van der Waals surface area contributed by atoms with Gasteiger partial charge in [0, 0.05) is 12.3 Å². The molecule has 3 aliphatic heterocycles. The number of amidine groups is 1. The number of oxime groups is 1. The standard InChI is InChI=1S/C24H20F2N4O4/c1-14-11-29(13-27-14)19-4-3-15(7-20(19)31-2)8-21-23-28-34-24(30(23)5-6-32-21)12-33-22-17(24)9-16(25)10-18(22)26/h3-4,7-11,13H,5-6,12H2,1-2H3/b21-8-. The summed E-state index contributed by atoms with van der Waals surface area (Å²) in [5, 5.41) is 4.22. The number of fused-ring (bicyclic) bond motifs is 4. The Kier molecular flexibility index (Phi) is 4.51. The number of aryl methyl sites for hydroxylation is 1. The van der Waals surface area contributed by atoms with Crippen molar-refractivity contribution in [3.8, 4) is 17.2 Å². The van der Waals surface area contributed by atoms with Crippen LogP contribution in [-0.4, -0.2) is 47.2 Å². The number of rotatable bonds is 3. The minimum Gasteiger partial charge on any atom is -0.495 e. The molecule has 3 aliphatic rings. The lowest BCUT2D eigenvalue weighted by atomic mass is 10.0. The van der Waals surface area contributed by atoms with E-state index in [0.717, 1.165) is 23.0 Å². The average molecular weight is 466 g/mol. The van der Waals surface area contributed by atoms with Crippen molar-refractivity contribution in [1.29, 1.82) is 0 Å². The van der Waals surface area contributed by atoms with Gasteiger partial charge in [-0.15, -0.1) is 0 Å². The van der Waals surface area contributed by atoms with Gasteiger partial charge in [-0.2, -0.15) is 0 Å². The molecule has 34 heavy (non-hydrogen) atoms. The molecule has 0 saturated carbocycles. The fourth-order valence-electron chi connectivity index (χ4n) is 4.52. The molecule has 4 heterocycles. The predicted octanol–water partition coefficient (Wildman–Crippen LogP) is 3.73. The largest absolute Gasteiger partial charge is 0.495 e. The maximum absolute atomic E-state index is 14.3. The van der Waals surface area contributed by atoms with Crippen LogP contribution >= 0.6 is 0 Å². The molecule has 6 rings (SSSR count). The number of aromatic nitrogens is 2. The Morgan fingerprint density at radius 1 is 1.18 bits per heavy atom. The summed E-state index contributed by atoms with van der Waals surface area (Å²) in [6.07, 6.45) is 5.46. The molecule has 1 aromatic heterocycles. The van der Waals surface area contributed by atoms with Crippen LogP contribution in [0, 0.1) is 18.6 Å². The Morgan fingerprint density at radius 3 is 2.85 bits per heavy atom. The van der Waals surface area contributed by atoms with Crippen LogP contribution in [0.15, 0.2) is 53.8 Å². The quantitative estimate of drug-likeness (QED) is 0.586. The second-order valence-corrected chi connectivity index (χ2v) is 8.21. The first-order valence-corrected chi connectivity index (χ1v) is 10.7. The fourth-order valence-corrected chi connectivity index (χ4v) is 4.52. The Hall–Kier alpha value is -4.08. The summed E-state index contributed by atoms with van der Waals surface area (Å²) in [6, 6.07) is 7.75. The van der Waals surface area contributed by atoms with E-state index in [4.69, 9.17) is 19.0 Å². The monoisotopic (exact) mass is 466 g/mol. The van der Waals surface area contributed by atoms with Crippen LogP contribution in [0.3, 0.4) is 0 Å². The highest BCUT2D eigenvalue weighted by molar-refractivity contribution is 6.01. The number of hydrogen-bond donors (Lipinski definition) is 0. The molecule has 8 nitrogen and oxygen atoms in total. The van der Waals surface area contributed by atoms with E-state index >= 15 is 0 Å². The van der Waals surface area contributed by atoms with Crippen molar-refractivity contribution in [2.75, 3.05) is 26.9 Å². The molecule has 3 aromatic rings. The van der Waals surface area contributed by atoms with Gasteiger partial charge in [0.1, 0.15) is 18.2 Å². The molecular weight excluding hydrogens is 446 g/mol. The zero-order valence-electron chi connectivity index (χ0n) is 18.4. The number of ether oxygens (including phenoxy) is 3. The normalized spacial score (nSPS) is 21.6. The van der Waals surface area contributed by atoms with Gasteiger partial charge in [-0.1, -0.05) is 11.2 Å². The molecule has 1 unspecified atom stereocenters. The maximum atomic E-state index is 14.3. The number of imidazole rings is 1. The topological polar surface area (TPSA) is 70.3 Å². The summed E-state index contributed by atoms with van der Waals surface area (Å²) in [7, 11) is 1.60. The Labute approximate surface area is 193 Å². The van der Waals surface area contributed by atoms with Crippen LogP contribution in [0.4, 0.5) is 8.78 Å². The molecule has 174 valence electrons. The maximum Gasteiger partial charge on any atom is 0.275 e. The molecule has 0 radical (unpaired) electrons. The Bertz CT molecular complexity index is 1370. The molecule has 1 spiro atoms. The molecule has 0 N–H and O–H groups in total. The van der Waals surface area contributed by atoms with Gasteiger partial charge in [0.15, 0.2) is 23.9 Å². The van der Waals surface area contributed by atoms with Gasteiger partial charge < -0.3 is 28.5 Å². The number of benzene rings is 2. The third kappa shape index (κ3) is 3.01. The average Bonchev–Trinajstić information content (AvgIpc) is 3.53. The third-order valence-corrected chi connectivity index (χ3v) is 6.10. The summed E-state index contributed by atoms with van der Waals surface area (Å²) in [5.74, 6) is 0.0626. The number of methoxy groups -OCH3 is 1. The lowest BCUT2D eigenvalue weighted by Crippen LogP contribution is -2.51. The SMILES string of the molecule is COc1cc(/C=C2\OCCN3C2=NOC32COc3c(F)cc(F)cc32)ccc1-n1cnc(C)c1. The minimum absolute atomic E-state index is 0.0180. The van der Waals surface area contributed by atoms with Crippen LogP contribution in [0.1, 0.15) is 16.8 Å². The van der Waals surface area contributed by atoms with Gasteiger partial charge in [-0.25, -0.2) is 13.8 Å². The Balaban J connectivity index is 1.34. The van der Waals surface area contributed by atoms with E-state index in [1.165, 1.54) is 6.07 Å². The number of morpholine rings is 1. The second kappa shape index (κ2) is 7.47. The van der Waals surface area contributed by atoms with E-state index in [1.807, 2.05) is 46.9 Å². The van der Waals surface area contributed by atoms with Crippen LogP contribution in [-0.2, 0) is 15.3 Å². The summed E-state index contributed by atoms with van der Waals surface area (Å²) in [6.45, 7) is 2.66. The lowest BCUT2D eigenvalue weighted by molar-refractivity contribution is -0.119. The first-order valence-electron chi connectivity index (χ1n) is 10.7. The van der Waals surface area contributed by atoms with Gasteiger partial charge in [-0.05, 0) is 36.8 Å². The van der Waals surface area contributed by atoms with Crippen LogP contribution < -0.4 is 9.47 Å². The number of nitrogens with zero attached hydrogens (tertiary/aromatic N) is 4. The van der Waals surface area contributed by atoms with Crippen molar-refractivity contribution in [1.82, 2.24) is 14.5 Å². The highest BCUT2D eigenvalue weighted by Crippen LogP contribution is 2.48. The van der Waals surface area contributed by atoms with Gasteiger partial charge in [0.2, 0.25) is 5.84 Å². The second-order valence-electron chi connectivity index (χ2n) is 8.21. The van der Waals surface area contributed by atoms with Gasteiger partial charge >= 0.3 is 0 Å². The summed E-state index contributed by atoms with van der Waals surface area (Å²) in [4.78, 5) is 11.9. The molecule has 1 fully saturated rings. The molecule has 1 atom stereocenters. The molecular formula is C24H20F2N4O4. The smallest absolute Gasteiger partial charge is 0.275 e. The van der Waals surface area contributed by atoms with Crippen LogP contribution in [0.5, 0.6) is 11.5 Å². The molecule has 0 amide bonds. The van der Waals surface area contributed by atoms with Crippen molar-refractivity contribution in [3.63, 3.8) is 0 Å². The summed E-state index contributed by atoms with van der Waals surface area (Å²) >= 11 is 0. The van der Waals surface area contributed by atoms with Crippen molar-refractivity contribution >= 4 is 11.9 Å². The number of halogens is 2. The summed E-state index contributed by atoms with van der Waals surface area (Å²) in [5.41, 5.74) is 1.59. The van der Waals surface area contributed by atoms with E-state index in [9.17, 15) is 8.78 Å². The molecule has 0 bridgehead atoms. The highest BCUT2D eigenvalue weighted by Gasteiger charge is 2.56. The van der Waals surface area contributed by atoms with E-state index in [2.05, 4.69) is 10.1 Å². The highest BCUT2D eigenvalue weighted by atomic mass is 19.1. The molecule has 1 saturated heterocycles. The number of hydrogen-bond acceptors (Lipinski definition) is 7.